The van der Waals surface area contributed by atoms with Crippen LogP contribution in [-0.2, 0) is 17.8 Å². The van der Waals surface area contributed by atoms with Gasteiger partial charge in [-0.2, -0.15) is 0 Å². The summed E-state index contributed by atoms with van der Waals surface area (Å²) in [6, 6.07) is 17.0. The van der Waals surface area contributed by atoms with Gasteiger partial charge < -0.3 is 9.67 Å². The number of carboxylic acid groups (broad SMARTS) is 1. The second kappa shape index (κ2) is 7.56. The molecule has 130 valence electrons. The number of aromatic nitrogens is 1. The highest BCUT2D eigenvalue weighted by Gasteiger charge is 2.16. The van der Waals surface area contributed by atoms with E-state index in [1.54, 1.807) is 0 Å². The number of hydrogen-bond acceptors (Lipinski definition) is 1. The molecule has 3 aromatic rings. The van der Waals surface area contributed by atoms with Crippen LogP contribution in [0.15, 0.2) is 54.7 Å². The molecule has 0 fully saturated rings. The molecule has 2 aromatic carbocycles. The molecule has 0 saturated carbocycles. The number of aliphatic carboxylic acids is 1. The third kappa shape index (κ3) is 3.76. The van der Waals surface area contributed by atoms with Crippen molar-refractivity contribution in [1.29, 1.82) is 0 Å². The van der Waals surface area contributed by atoms with Gasteiger partial charge >= 0.3 is 5.97 Å². The smallest absolute Gasteiger partial charge is 0.303 e. The number of carboxylic acids is 1. The van der Waals surface area contributed by atoms with Crippen molar-refractivity contribution < 1.29 is 9.90 Å². The lowest BCUT2D eigenvalue weighted by Gasteiger charge is -2.17. The van der Waals surface area contributed by atoms with Crippen molar-refractivity contribution in [2.75, 3.05) is 0 Å². The fourth-order valence-electron chi connectivity index (χ4n) is 3.53. The summed E-state index contributed by atoms with van der Waals surface area (Å²) in [6.07, 6.45) is 4.02. The second-order valence-corrected chi connectivity index (χ2v) is 6.69. The number of benzene rings is 2. The van der Waals surface area contributed by atoms with Crippen LogP contribution in [0.3, 0.4) is 0 Å². The molecule has 0 radical (unpaired) electrons. The fraction of sp³-hybridized carbons (Fsp3) is 0.318. The van der Waals surface area contributed by atoms with Crippen LogP contribution in [0, 0.1) is 0 Å². The lowest BCUT2D eigenvalue weighted by Crippen LogP contribution is -2.05. The maximum absolute atomic E-state index is 11.0. The summed E-state index contributed by atoms with van der Waals surface area (Å²) in [5.74, 6) is -0.512. The van der Waals surface area contributed by atoms with E-state index in [0.717, 1.165) is 13.0 Å². The summed E-state index contributed by atoms with van der Waals surface area (Å²) in [4.78, 5) is 11.0. The van der Waals surface area contributed by atoms with Crippen molar-refractivity contribution in [2.45, 2.75) is 45.6 Å². The minimum absolute atomic E-state index is 0.206. The Hall–Kier alpha value is -2.55. The van der Waals surface area contributed by atoms with Gasteiger partial charge in [0.1, 0.15) is 0 Å². The van der Waals surface area contributed by atoms with Gasteiger partial charge in [-0.15, -0.1) is 0 Å². The maximum atomic E-state index is 11.0. The minimum Gasteiger partial charge on any atom is -0.481 e. The molecule has 0 unspecified atom stereocenters. The summed E-state index contributed by atoms with van der Waals surface area (Å²) in [6.45, 7) is 5.14. The Kier molecular flexibility index (Phi) is 5.22. The Labute approximate surface area is 148 Å². The molecule has 3 heteroatoms. The van der Waals surface area contributed by atoms with Crippen LogP contribution in [0.4, 0.5) is 0 Å². The van der Waals surface area contributed by atoms with Crippen LogP contribution in [0.25, 0.3) is 10.9 Å². The van der Waals surface area contributed by atoms with Gasteiger partial charge in [0.2, 0.25) is 0 Å². The molecular formula is C22H25NO2. The molecule has 1 atom stereocenters. The minimum atomic E-state index is -0.729. The maximum Gasteiger partial charge on any atom is 0.303 e. The number of hydrogen-bond donors (Lipinski definition) is 1. The second-order valence-electron chi connectivity index (χ2n) is 6.69. The molecule has 3 rings (SSSR count). The fourth-order valence-corrected chi connectivity index (χ4v) is 3.53. The van der Waals surface area contributed by atoms with Gasteiger partial charge in [0.05, 0.1) is 5.52 Å². The SMILES string of the molecule is CCc1ccc([C@@H](C)CCC(=O)O)c2c1ccn2Cc1ccccc1. The van der Waals surface area contributed by atoms with E-state index in [4.69, 9.17) is 5.11 Å². The van der Waals surface area contributed by atoms with E-state index in [9.17, 15) is 4.79 Å². The summed E-state index contributed by atoms with van der Waals surface area (Å²) in [5.41, 5.74) is 5.11. The first kappa shape index (κ1) is 17.3. The van der Waals surface area contributed by atoms with Gasteiger partial charge in [-0.1, -0.05) is 56.3 Å². The average Bonchev–Trinajstić information content (AvgIpc) is 3.03. The van der Waals surface area contributed by atoms with Crippen LogP contribution in [0.5, 0.6) is 0 Å². The number of carbonyl (C=O) groups is 1. The number of fused-ring (bicyclic) bond motifs is 1. The monoisotopic (exact) mass is 335 g/mol. The predicted octanol–water partition coefficient (Wildman–Crippen LogP) is 5.22. The Morgan fingerprint density at radius 1 is 1.12 bits per heavy atom. The molecule has 0 aliphatic rings. The van der Waals surface area contributed by atoms with Gasteiger partial charge in [-0.05, 0) is 41.5 Å². The molecule has 0 amide bonds. The van der Waals surface area contributed by atoms with E-state index in [1.807, 2.05) is 6.07 Å². The summed E-state index contributed by atoms with van der Waals surface area (Å²) in [7, 11) is 0. The largest absolute Gasteiger partial charge is 0.481 e. The summed E-state index contributed by atoms with van der Waals surface area (Å²) >= 11 is 0. The molecule has 1 N–H and O–H groups in total. The van der Waals surface area contributed by atoms with Crippen LogP contribution in [-0.4, -0.2) is 15.6 Å². The van der Waals surface area contributed by atoms with E-state index in [-0.39, 0.29) is 12.3 Å². The molecule has 0 bridgehead atoms. The average molecular weight is 335 g/mol. The Balaban J connectivity index is 2.04. The van der Waals surface area contributed by atoms with Crippen LogP contribution < -0.4 is 0 Å². The zero-order chi connectivity index (χ0) is 17.8. The highest BCUT2D eigenvalue weighted by Crippen LogP contribution is 2.32. The first-order chi connectivity index (χ1) is 12.1. The first-order valence-electron chi connectivity index (χ1n) is 8.96. The Morgan fingerprint density at radius 3 is 2.56 bits per heavy atom. The Bertz CT molecular complexity index is 864. The van der Waals surface area contributed by atoms with Crippen LogP contribution in [0.2, 0.25) is 0 Å². The summed E-state index contributed by atoms with van der Waals surface area (Å²) in [5, 5.41) is 10.3. The molecular weight excluding hydrogens is 310 g/mol. The molecule has 25 heavy (non-hydrogen) atoms. The van der Waals surface area contributed by atoms with Gasteiger partial charge in [0, 0.05) is 24.5 Å². The normalized spacial score (nSPS) is 12.4. The van der Waals surface area contributed by atoms with Crippen molar-refractivity contribution in [1.82, 2.24) is 4.57 Å². The van der Waals surface area contributed by atoms with Crippen LogP contribution in [0.1, 0.15) is 49.3 Å². The summed E-state index contributed by atoms with van der Waals surface area (Å²) < 4.78 is 2.30. The highest BCUT2D eigenvalue weighted by atomic mass is 16.4. The van der Waals surface area contributed by atoms with Gasteiger partial charge in [-0.25, -0.2) is 0 Å². The molecule has 1 aromatic heterocycles. The van der Waals surface area contributed by atoms with Crippen molar-refractivity contribution in [3.63, 3.8) is 0 Å². The zero-order valence-electron chi connectivity index (χ0n) is 14.9. The molecule has 3 nitrogen and oxygen atoms in total. The lowest BCUT2D eigenvalue weighted by molar-refractivity contribution is -0.137. The zero-order valence-corrected chi connectivity index (χ0v) is 14.9. The predicted molar refractivity (Wildman–Crippen MR) is 102 cm³/mol. The Morgan fingerprint density at radius 2 is 1.88 bits per heavy atom. The third-order valence-corrected chi connectivity index (χ3v) is 4.95. The standard InChI is InChI=1S/C22H25NO2/c1-3-18-10-11-19(16(2)9-12-21(24)25)22-20(18)13-14-23(22)15-17-7-5-4-6-8-17/h4-8,10-11,13-14,16H,3,9,12,15H2,1-2H3,(H,24,25)/t16-/m0/s1. The van der Waals surface area contributed by atoms with E-state index >= 15 is 0 Å². The van der Waals surface area contributed by atoms with Crippen molar-refractivity contribution >= 4 is 16.9 Å². The van der Waals surface area contributed by atoms with Crippen molar-refractivity contribution in [3.05, 3.63) is 71.4 Å². The van der Waals surface area contributed by atoms with E-state index in [1.165, 1.54) is 27.6 Å². The van der Waals surface area contributed by atoms with Crippen LogP contribution >= 0.6 is 0 Å². The lowest BCUT2D eigenvalue weighted by atomic mass is 9.92. The van der Waals surface area contributed by atoms with Gasteiger partial charge in [0.15, 0.2) is 0 Å². The molecule has 1 heterocycles. The highest BCUT2D eigenvalue weighted by molar-refractivity contribution is 5.87. The molecule has 0 saturated heterocycles. The van der Waals surface area contributed by atoms with Gasteiger partial charge in [-0.3, -0.25) is 4.79 Å². The van der Waals surface area contributed by atoms with E-state index in [0.29, 0.717) is 6.42 Å². The molecule has 0 aliphatic carbocycles. The topological polar surface area (TPSA) is 42.2 Å². The quantitative estimate of drug-likeness (QED) is 0.643. The molecule has 0 aliphatic heterocycles. The number of rotatable bonds is 7. The van der Waals surface area contributed by atoms with Crippen molar-refractivity contribution in [2.24, 2.45) is 0 Å². The van der Waals surface area contributed by atoms with Gasteiger partial charge in [0.25, 0.3) is 0 Å². The number of aryl methyl sites for hydroxylation is 1. The third-order valence-electron chi connectivity index (χ3n) is 4.95. The first-order valence-corrected chi connectivity index (χ1v) is 8.96. The van der Waals surface area contributed by atoms with E-state index in [2.05, 4.69) is 67.1 Å². The van der Waals surface area contributed by atoms with E-state index < -0.39 is 5.97 Å². The number of nitrogens with zero attached hydrogens (tertiary/aromatic N) is 1. The van der Waals surface area contributed by atoms with Crippen molar-refractivity contribution in [3.8, 4) is 0 Å². The molecule has 0 spiro atoms.